The lowest BCUT2D eigenvalue weighted by atomic mass is 10.3. The van der Waals surface area contributed by atoms with Crippen molar-refractivity contribution in [1.29, 1.82) is 0 Å². The molecule has 3 rings (SSSR count). The van der Waals surface area contributed by atoms with Gasteiger partial charge in [0.2, 0.25) is 11.7 Å². The second-order valence-electron chi connectivity index (χ2n) is 3.86. The largest absolute Gasteiger partial charge is 0.384 e. The van der Waals surface area contributed by atoms with Crippen LogP contribution in [0, 0.1) is 0 Å². The summed E-state index contributed by atoms with van der Waals surface area (Å²) < 4.78 is 6.95. The van der Waals surface area contributed by atoms with Gasteiger partial charge in [0.05, 0.1) is 0 Å². The van der Waals surface area contributed by atoms with Gasteiger partial charge in [-0.1, -0.05) is 5.16 Å². The van der Waals surface area contributed by atoms with E-state index in [-0.39, 0.29) is 0 Å². The van der Waals surface area contributed by atoms with Crippen molar-refractivity contribution in [2.24, 2.45) is 0 Å². The number of nitrogen functional groups attached to an aromatic ring is 1. The molecule has 3 aromatic heterocycles. The molecular formula is C11H11N7O. The minimum atomic E-state index is 0.368. The molecule has 0 saturated carbocycles. The van der Waals surface area contributed by atoms with Crippen LogP contribution >= 0.6 is 0 Å². The van der Waals surface area contributed by atoms with E-state index in [1.165, 1.54) is 6.33 Å². The van der Waals surface area contributed by atoms with E-state index < -0.39 is 0 Å². The minimum Gasteiger partial charge on any atom is -0.384 e. The monoisotopic (exact) mass is 257 g/mol. The molecule has 0 unspecified atom stereocenters. The highest BCUT2D eigenvalue weighted by Gasteiger charge is 2.10. The number of nitrogens with two attached hydrogens (primary N) is 1. The number of aromatic nitrogens is 6. The first kappa shape index (κ1) is 11.3. The smallest absolute Gasteiger partial charge is 0.228 e. The molecule has 19 heavy (non-hydrogen) atoms. The number of anilines is 1. The van der Waals surface area contributed by atoms with E-state index in [0.29, 0.717) is 36.2 Å². The minimum absolute atomic E-state index is 0.368. The maximum Gasteiger partial charge on any atom is 0.228 e. The van der Waals surface area contributed by atoms with Gasteiger partial charge in [-0.25, -0.2) is 9.97 Å². The first-order valence-electron chi connectivity index (χ1n) is 5.69. The van der Waals surface area contributed by atoms with Gasteiger partial charge in [-0.2, -0.15) is 10.1 Å². The van der Waals surface area contributed by atoms with Gasteiger partial charge < -0.3 is 10.3 Å². The molecular weight excluding hydrogens is 246 g/mol. The number of aryl methyl sites for hydroxylation is 2. The molecule has 0 aliphatic carbocycles. The Morgan fingerprint density at radius 1 is 1.32 bits per heavy atom. The van der Waals surface area contributed by atoms with Crippen LogP contribution < -0.4 is 5.73 Å². The predicted octanol–water partition coefficient (Wildman–Crippen LogP) is 0.548. The van der Waals surface area contributed by atoms with Crippen molar-refractivity contribution < 1.29 is 4.52 Å². The molecule has 8 heteroatoms. The lowest BCUT2D eigenvalue weighted by molar-refractivity contribution is 0.369. The number of hydrogen-bond acceptors (Lipinski definition) is 7. The molecule has 0 radical (unpaired) electrons. The Morgan fingerprint density at radius 2 is 2.26 bits per heavy atom. The van der Waals surface area contributed by atoms with Gasteiger partial charge in [0, 0.05) is 31.4 Å². The topological polar surface area (TPSA) is 109 Å². The Hall–Kier alpha value is -2.77. The summed E-state index contributed by atoms with van der Waals surface area (Å²) >= 11 is 0. The van der Waals surface area contributed by atoms with Crippen molar-refractivity contribution in [3.8, 4) is 11.5 Å². The van der Waals surface area contributed by atoms with E-state index in [4.69, 9.17) is 10.3 Å². The molecule has 8 nitrogen and oxygen atoms in total. The quantitative estimate of drug-likeness (QED) is 0.726. The number of nitrogens with zero attached hydrogens (tertiary/aromatic N) is 6. The summed E-state index contributed by atoms with van der Waals surface area (Å²) in [6, 6.07) is 3.46. The van der Waals surface area contributed by atoms with E-state index >= 15 is 0 Å². The van der Waals surface area contributed by atoms with Crippen LogP contribution in [0.5, 0.6) is 0 Å². The summed E-state index contributed by atoms with van der Waals surface area (Å²) in [7, 11) is 0. The second kappa shape index (κ2) is 4.84. The molecule has 0 spiro atoms. The summed E-state index contributed by atoms with van der Waals surface area (Å²) in [6.45, 7) is 0.681. The van der Waals surface area contributed by atoms with Crippen LogP contribution in [-0.4, -0.2) is 29.9 Å². The van der Waals surface area contributed by atoms with E-state index in [1.54, 1.807) is 16.9 Å². The first-order chi connectivity index (χ1) is 9.31. The molecule has 0 atom stereocenters. The van der Waals surface area contributed by atoms with E-state index in [9.17, 15) is 0 Å². The summed E-state index contributed by atoms with van der Waals surface area (Å²) in [5.41, 5.74) is 6.12. The average Bonchev–Trinajstić information content (AvgIpc) is 3.08. The van der Waals surface area contributed by atoms with Gasteiger partial charge in [0.15, 0.2) is 0 Å². The predicted molar refractivity (Wildman–Crippen MR) is 65.7 cm³/mol. The second-order valence-corrected chi connectivity index (χ2v) is 3.86. The molecule has 0 bridgehead atoms. The highest BCUT2D eigenvalue weighted by atomic mass is 16.5. The molecule has 96 valence electrons. The highest BCUT2D eigenvalue weighted by Crippen LogP contribution is 2.14. The molecule has 3 heterocycles. The average molecular weight is 257 g/mol. The van der Waals surface area contributed by atoms with Crippen LogP contribution in [0.3, 0.4) is 0 Å². The normalized spacial score (nSPS) is 10.7. The van der Waals surface area contributed by atoms with E-state index in [0.717, 1.165) is 0 Å². The van der Waals surface area contributed by atoms with Gasteiger partial charge in [0.25, 0.3) is 0 Å². The molecule has 0 aliphatic rings. The van der Waals surface area contributed by atoms with Crippen LogP contribution in [-0.2, 0) is 13.0 Å². The summed E-state index contributed by atoms with van der Waals surface area (Å²) in [4.78, 5) is 12.1. The first-order valence-corrected chi connectivity index (χ1v) is 5.69. The van der Waals surface area contributed by atoms with E-state index in [2.05, 4.69) is 25.2 Å². The standard InChI is InChI=1S/C11H11N7O/c12-9-6-8(13-7-14-9)11-16-10(19-17-11)2-5-18-4-1-3-15-18/h1,3-4,6-7H,2,5H2,(H2,12,13,14). The molecule has 0 saturated heterocycles. The number of rotatable bonds is 4. The summed E-state index contributed by atoms with van der Waals surface area (Å²) in [6.07, 6.45) is 5.57. The third kappa shape index (κ3) is 2.57. The zero-order valence-electron chi connectivity index (χ0n) is 9.97. The third-order valence-electron chi connectivity index (χ3n) is 2.50. The van der Waals surface area contributed by atoms with Gasteiger partial charge in [-0.05, 0) is 6.07 Å². The van der Waals surface area contributed by atoms with Gasteiger partial charge in [0.1, 0.15) is 17.8 Å². The Labute approximate surface area is 108 Å². The maximum atomic E-state index is 5.58. The molecule has 2 N–H and O–H groups in total. The maximum absolute atomic E-state index is 5.58. The fourth-order valence-corrected chi connectivity index (χ4v) is 1.60. The van der Waals surface area contributed by atoms with E-state index in [1.807, 2.05) is 12.3 Å². The lowest BCUT2D eigenvalue weighted by Gasteiger charge is -1.96. The van der Waals surface area contributed by atoms with Crippen molar-refractivity contribution in [2.75, 3.05) is 5.73 Å². The Morgan fingerprint density at radius 3 is 3.05 bits per heavy atom. The van der Waals surface area contributed by atoms with Crippen LogP contribution in [0.15, 0.2) is 35.4 Å². The van der Waals surface area contributed by atoms with Crippen LogP contribution in [0.2, 0.25) is 0 Å². The van der Waals surface area contributed by atoms with Crippen LogP contribution in [0.25, 0.3) is 11.5 Å². The van der Waals surface area contributed by atoms with Crippen molar-refractivity contribution in [2.45, 2.75) is 13.0 Å². The van der Waals surface area contributed by atoms with Crippen molar-refractivity contribution in [3.63, 3.8) is 0 Å². The Bertz CT molecular complexity index is 661. The van der Waals surface area contributed by atoms with Gasteiger partial charge in [-0.3, -0.25) is 4.68 Å². The van der Waals surface area contributed by atoms with Crippen molar-refractivity contribution in [1.82, 2.24) is 29.9 Å². The Balaban J connectivity index is 1.72. The molecule has 0 fully saturated rings. The SMILES string of the molecule is Nc1cc(-c2noc(CCn3cccn3)n2)ncn1. The Kier molecular flexibility index (Phi) is 2.89. The van der Waals surface area contributed by atoms with Crippen LogP contribution in [0.1, 0.15) is 5.89 Å². The molecule has 0 aliphatic heterocycles. The summed E-state index contributed by atoms with van der Waals surface area (Å²) in [5.74, 6) is 1.31. The fourth-order valence-electron chi connectivity index (χ4n) is 1.60. The van der Waals surface area contributed by atoms with Gasteiger partial charge >= 0.3 is 0 Å². The molecule has 3 aromatic rings. The van der Waals surface area contributed by atoms with Crippen LogP contribution in [0.4, 0.5) is 5.82 Å². The molecule has 0 amide bonds. The van der Waals surface area contributed by atoms with Crippen molar-refractivity contribution >= 4 is 5.82 Å². The van der Waals surface area contributed by atoms with Gasteiger partial charge in [-0.15, -0.1) is 0 Å². The lowest BCUT2D eigenvalue weighted by Crippen LogP contribution is -2.01. The summed E-state index contributed by atoms with van der Waals surface area (Å²) in [5, 5.41) is 7.96. The molecule has 0 aromatic carbocycles. The zero-order valence-corrected chi connectivity index (χ0v) is 9.97. The number of hydrogen-bond donors (Lipinski definition) is 1. The zero-order chi connectivity index (χ0) is 13.1. The van der Waals surface area contributed by atoms with Crippen molar-refractivity contribution in [3.05, 3.63) is 36.7 Å². The highest BCUT2D eigenvalue weighted by molar-refractivity contribution is 5.52. The third-order valence-corrected chi connectivity index (χ3v) is 2.50. The fraction of sp³-hybridized carbons (Fsp3) is 0.182.